The highest BCUT2D eigenvalue weighted by Gasteiger charge is 2.47. The van der Waals surface area contributed by atoms with E-state index in [-0.39, 0.29) is 6.04 Å². The third-order valence-corrected chi connectivity index (χ3v) is 9.54. The predicted molar refractivity (Wildman–Crippen MR) is 195 cm³/mol. The van der Waals surface area contributed by atoms with Gasteiger partial charge in [0.25, 0.3) is 0 Å². The van der Waals surface area contributed by atoms with E-state index in [1.54, 1.807) is 0 Å². The fourth-order valence-electron chi connectivity index (χ4n) is 7.47. The minimum atomic E-state index is 0.0289. The van der Waals surface area contributed by atoms with E-state index in [1.807, 2.05) is 60.7 Å². The fourth-order valence-corrected chi connectivity index (χ4v) is 7.47. The van der Waals surface area contributed by atoms with Crippen LogP contribution in [-0.4, -0.2) is 20.7 Å². The van der Waals surface area contributed by atoms with Crippen LogP contribution in [-0.2, 0) is 0 Å². The van der Waals surface area contributed by atoms with Crippen molar-refractivity contribution in [2.24, 2.45) is 0 Å². The molecule has 2 aliphatic heterocycles. The van der Waals surface area contributed by atoms with Crippen LogP contribution < -0.4 is 9.48 Å². The van der Waals surface area contributed by atoms with Crippen LogP contribution in [0.1, 0.15) is 17.2 Å². The van der Waals surface area contributed by atoms with Gasteiger partial charge in [-0.1, -0.05) is 121 Å². The Bertz CT molecular complexity index is 2410. The number of aromatic nitrogens is 3. The summed E-state index contributed by atoms with van der Waals surface area (Å²) in [6.07, 6.45) is 4.57. The maximum Gasteiger partial charge on any atom is 0.235 e. The minimum absolute atomic E-state index is 0.0289. The van der Waals surface area contributed by atoms with Crippen LogP contribution in [0.25, 0.3) is 51.4 Å². The summed E-state index contributed by atoms with van der Waals surface area (Å²) in [6, 6.07) is 53.1. The highest BCUT2D eigenvalue weighted by Crippen LogP contribution is 2.55. The van der Waals surface area contributed by atoms with Crippen molar-refractivity contribution in [3.8, 4) is 45.3 Å². The summed E-state index contributed by atoms with van der Waals surface area (Å²) in [7, 11) is 0. The predicted octanol–water partition coefficient (Wildman–Crippen LogP) is 10.0. The fraction of sp³-hybridized carbons (Fsp3) is 0.0233. The number of para-hydroxylation sites is 3. The number of rotatable bonds is 4. The maximum atomic E-state index is 5.03. The summed E-state index contributed by atoms with van der Waals surface area (Å²) in [5, 5.41) is 0. The largest absolute Gasteiger partial charge is 0.318 e. The monoisotopic (exact) mass is 614 g/mol. The second-order valence-electron chi connectivity index (χ2n) is 12.3. The SMILES string of the molecule is C1=Cc2cccc3c2C2C1=[N+](c1cccc(-c4nc(-c5ccccc5)nc(-c5ccccc5)n4)c1)c1ccccc1N2c1ccccc1-3. The lowest BCUT2D eigenvalue weighted by Crippen LogP contribution is -2.42. The van der Waals surface area contributed by atoms with E-state index < -0.39 is 0 Å². The molecule has 0 N–H and O–H groups in total. The zero-order chi connectivity index (χ0) is 31.6. The van der Waals surface area contributed by atoms with E-state index >= 15 is 0 Å². The van der Waals surface area contributed by atoms with Gasteiger partial charge >= 0.3 is 0 Å². The zero-order valence-corrected chi connectivity index (χ0v) is 25.9. The van der Waals surface area contributed by atoms with Gasteiger partial charge < -0.3 is 4.90 Å². The van der Waals surface area contributed by atoms with E-state index in [0.717, 1.165) is 28.1 Å². The molecule has 1 aliphatic carbocycles. The van der Waals surface area contributed by atoms with Gasteiger partial charge in [0.05, 0.1) is 5.69 Å². The average molecular weight is 615 g/mol. The lowest BCUT2D eigenvalue weighted by molar-refractivity contribution is 0.824. The zero-order valence-electron chi connectivity index (χ0n) is 25.9. The summed E-state index contributed by atoms with van der Waals surface area (Å²) in [6.45, 7) is 0. The summed E-state index contributed by atoms with van der Waals surface area (Å²) < 4.78 is 2.42. The van der Waals surface area contributed by atoms with Gasteiger partial charge in [0.2, 0.25) is 17.1 Å². The van der Waals surface area contributed by atoms with E-state index in [2.05, 4.69) is 113 Å². The normalized spacial score (nSPS) is 15.1. The number of nitrogens with zero attached hydrogens (tertiary/aromatic N) is 5. The summed E-state index contributed by atoms with van der Waals surface area (Å²) >= 11 is 0. The molecule has 1 unspecified atom stereocenters. The van der Waals surface area contributed by atoms with Gasteiger partial charge in [0.15, 0.2) is 17.5 Å². The van der Waals surface area contributed by atoms with Crippen molar-refractivity contribution in [3.63, 3.8) is 0 Å². The number of hydrogen-bond acceptors (Lipinski definition) is 4. The molecule has 5 heteroatoms. The Balaban J connectivity index is 1.19. The number of hydrogen-bond donors (Lipinski definition) is 0. The summed E-state index contributed by atoms with van der Waals surface area (Å²) in [4.78, 5) is 17.5. The molecular formula is C43H28N5+. The Hall–Kier alpha value is -6.46. The van der Waals surface area contributed by atoms with Gasteiger partial charge in [-0.3, -0.25) is 0 Å². The van der Waals surface area contributed by atoms with Crippen LogP contribution in [0.5, 0.6) is 0 Å². The van der Waals surface area contributed by atoms with Crippen molar-refractivity contribution < 1.29 is 0 Å². The minimum Gasteiger partial charge on any atom is -0.318 e. The molecule has 1 aromatic heterocycles. The molecule has 224 valence electrons. The first-order valence-electron chi connectivity index (χ1n) is 16.2. The number of anilines is 2. The highest BCUT2D eigenvalue weighted by atomic mass is 15.3. The molecule has 3 aliphatic rings. The molecular weight excluding hydrogens is 587 g/mol. The molecule has 0 spiro atoms. The molecule has 0 fully saturated rings. The van der Waals surface area contributed by atoms with E-state index in [9.17, 15) is 0 Å². The van der Waals surface area contributed by atoms with Gasteiger partial charge in [-0.05, 0) is 29.3 Å². The molecule has 7 aromatic rings. The molecule has 1 atom stereocenters. The summed E-state index contributed by atoms with van der Waals surface area (Å²) in [5.74, 6) is 1.94. The van der Waals surface area contributed by atoms with Crippen molar-refractivity contribution in [1.29, 1.82) is 0 Å². The Labute approximate surface area is 278 Å². The summed E-state index contributed by atoms with van der Waals surface area (Å²) in [5.41, 5.74) is 13.8. The first-order chi connectivity index (χ1) is 23.8. The molecule has 0 bridgehead atoms. The molecule has 0 saturated heterocycles. The van der Waals surface area contributed by atoms with Crippen LogP contribution in [0, 0.1) is 0 Å². The standard InChI is InChI=1S/C43H28N5/c1-3-13-29(14-4-1)41-44-42(30-15-5-2-6-16-30)46-43(45-41)31-18-11-19-32(27-31)47-36-23-9-10-24-37(36)48-35-22-8-7-20-33(35)34-21-12-17-28-25-26-38(47)40(48)39(28)34/h1-27,40H/q+1. The Morgan fingerprint density at radius 3 is 1.81 bits per heavy atom. The van der Waals surface area contributed by atoms with Crippen molar-refractivity contribution in [1.82, 2.24) is 19.5 Å². The van der Waals surface area contributed by atoms with E-state index in [4.69, 9.17) is 15.0 Å². The quantitative estimate of drug-likeness (QED) is 0.185. The average Bonchev–Trinajstić information content (AvgIpc) is 3.17. The Kier molecular flexibility index (Phi) is 5.87. The van der Waals surface area contributed by atoms with E-state index in [1.165, 1.54) is 39.3 Å². The van der Waals surface area contributed by atoms with Gasteiger partial charge in [0.1, 0.15) is 11.7 Å². The van der Waals surface area contributed by atoms with Crippen LogP contribution >= 0.6 is 0 Å². The van der Waals surface area contributed by atoms with Gasteiger partial charge in [0, 0.05) is 52.1 Å². The van der Waals surface area contributed by atoms with Crippen molar-refractivity contribution in [3.05, 3.63) is 169 Å². The molecule has 48 heavy (non-hydrogen) atoms. The smallest absolute Gasteiger partial charge is 0.235 e. The van der Waals surface area contributed by atoms with Crippen molar-refractivity contribution in [2.45, 2.75) is 6.04 Å². The molecule has 5 nitrogen and oxygen atoms in total. The topological polar surface area (TPSA) is 44.9 Å². The Morgan fingerprint density at radius 1 is 0.479 bits per heavy atom. The van der Waals surface area contributed by atoms with Gasteiger partial charge in [-0.15, -0.1) is 0 Å². The van der Waals surface area contributed by atoms with E-state index in [0.29, 0.717) is 17.5 Å². The second kappa shape index (κ2) is 10.5. The third-order valence-electron chi connectivity index (χ3n) is 9.54. The molecule has 3 heterocycles. The van der Waals surface area contributed by atoms with Crippen molar-refractivity contribution in [2.75, 3.05) is 4.90 Å². The molecule has 0 saturated carbocycles. The third kappa shape index (κ3) is 4.04. The number of fused-ring (bicyclic) bond motifs is 5. The van der Waals surface area contributed by atoms with Crippen LogP contribution in [0.2, 0.25) is 0 Å². The lowest BCUT2D eigenvalue weighted by atomic mass is 9.79. The van der Waals surface area contributed by atoms with Crippen LogP contribution in [0.3, 0.4) is 0 Å². The second-order valence-corrected chi connectivity index (χ2v) is 12.3. The first-order valence-corrected chi connectivity index (χ1v) is 16.2. The van der Waals surface area contributed by atoms with Crippen LogP contribution in [0.15, 0.2) is 158 Å². The Morgan fingerprint density at radius 2 is 1.06 bits per heavy atom. The van der Waals surface area contributed by atoms with Crippen LogP contribution in [0.4, 0.5) is 22.7 Å². The number of benzene rings is 6. The van der Waals surface area contributed by atoms with Gasteiger partial charge in [-0.2, -0.15) is 4.58 Å². The maximum absolute atomic E-state index is 5.03. The molecule has 6 aromatic carbocycles. The lowest BCUT2D eigenvalue weighted by Gasteiger charge is -2.43. The molecule has 0 amide bonds. The van der Waals surface area contributed by atoms with Gasteiger partial charge in [-0.25, -0.2) is 15.0 Å². The molecule has 0 radical (unpaired) electrons. The highest BCUT2D eigenvalue weighted by molar-refractivity contribution is 6.16. The van der Waals surface area contributed by atoms with Crippen molar-refractivity contribution >= 4 is 34.5 Å². The first kappa shape index (κ1) is 26.7. The molecule has 10 rings (SSSR count).